The second kappa shape index (κ2) is 3.83. The van der Waals surface area contributed by atoms with Gasteiger partial charge in [-0.3, -0.25) is 4.99 Å². The molecule has 0 aliphatic heterocycles. The summed E-state index contributed by atoms with van der Waals surface area (Å²) in [5, 5.41) is 0. The fraction of sp³-hybridized carbons (Fsp3) is 0.333. The van der Waals surface area contributed by atoms with E-state index in [1.54, 1.807) is 6.92 Å². The Hall–Kier alpha value is -1.12. The van der Waals surface area contributed by atoms with Crippen molar-refractivity contribution in [2.24, 2.45) is 4.99 Å². The Morgan fingerprint density at radius 1 is 1.78 bits per heavy atom. The van der Waals surface area contributed by atoms with E-state index in [9.17, 15) is 4.79 Å². The van der Waals surface area contributed by atoms with Crippen molar-refractivity contribution in [3.8, 4) is 0 Å². The van der Waals surface area contributed by atoms with Crippen LogP contribution in [-0.2, 0) is 9.53 Å². The van der Waals surface area contributed by atoms with E-state index in [0.717, 1.165) is 0 Å². The van der Waals surface area contributed by atoms with Crippen molar-refractivity contribution in [1.29, 1.82) is 0 Å². The molecular formula is C6H9NO2. The van der Waals surface area contributed by atoms with Gasteiger partial charge in [0.25, 0.3) is 0 Å². The van der Waals surface area contributed by atoms with E-state index in [1.165, 1.54) is 13.3 Å². The van der Waals surface area contributed by atoms with Crippen molar-refractivity contribution in [1.82, 2.24) is 0 Å². The molecule has 0 aromatic heterocycles. The van der Waals surface area contributed by atoms with Crippen LogP contribution in [0.3, 0.4) is 0 Å². The summed E-state index contributed by atoms with van der Waals surface area (Å²) in [6.07, 6.45) is 1.35. The number of ether oxygens (including phenoxy) is 1. The molecule has 0 saturated heterocycles. The van der Waals surface area contributed by atoms with Crippen LogP contribution in [0.1, 0.15) is 6.92 Å². The van der Waals surface area contributed by atoms with Gasteiger partial charge in [-0.2, -0.15) is 0 Å². The Balaban J connectivity index is 4.01. The number of carbonyl (C=O) groups excluding carboxylic acids is 1. The van der Waals surface area contributed by atoms with E-state index in [0.29, 0.717) is 5.57 Å². The van der Waals surface area contributed by atoms with Gasteiger partial charge < -0.3 is 4.74 Å². The fourth-order valence-corrected chi connectivity index (χ4v) is 0.351. The van der Waals surface area contributed by atoms with Gasteiger partial charge in [0.1, 0.15) is 0 Å². The molecule has 0 heterocycles. The number of nitrogens with zero attached hydrogens (tertiary/aromatic N) is 1. The van der Waals surface area contributed by atoms with Crippen molar-refractivity contribution in [3.05, 3.63) is 11.8 Å². The minimum Gasteiger partial charge on any atom is -0.466 e. The summed E-state index contributed by atoms with van der Waals surface area (Å²) in [6.45, 7) is 4.79. The Morgan fingerprint density at radius 3 is 2.67 bits per heavy atom. The molecular weight excluding hydrogens is 118 g/mol. The molecule has 0 amide bonds. The number of carbonyl (C=O) groups is 1. The van der Waals surface area contributed by atoms with Crippen LogP contribution in [0.25, 0.3) is 0 Å². The van der Waals surface area contributed by atoms with Crippen LogP contribution in [0.2, 0.25) is 0 Å². The van der Waals surface area contributed by atoms with Crippen LogP contribution in [0.4, 0.5) is 0 Å². The SMILES string of the molecule is C=NC=C(C)C(=O)OC. The molecule has 0 bridgehead atoms. The van der Waals surface area contributed by atoms with Crippen molar-refractivity contribution in [3.63, 3.8) is 0 Å². The lowest BCUT2D eigenvalue weighted by atomic mass is 10.3. The summed E-state index contributed by atoms with van der Waals surface area (Å²) in [7, 11) is 1.32. The zero-order valence-corrected chi connectivity index (χ0v) is 5.55. The Bertz CT molecular complexity index is 149. The summed E-state index contributed by atoms with van der Waals surface area (Å²) >= 11 is 0. The average molecular weight is 127 g/mol. The molecule has 0 N–H and O–H groups in total. The number of hydrogen-bond donors (Lipinski definition) is 0. The average Bonchev–Trinajstić information content (AvgIpc) is 1.87. The number of hydrogen-bond acceptors (Lipinski definition) is 3. The molecule has 0 rings (SSSR count). The van der Waals surface area contributed by atoms with Gasteiger partial charge >= 0.3 is 5.97 Å². The Kier molecular flexibility index (Phi) is 3.35. The first-order chi connectivity index (χ1) is 4.22. The minimum absolute atomic E-state index is 0.373. The molecule has 0 saturated carbocycles. The lowest BCUT2D eigenvalue weighted by Gasteiger charge is -1.93. The molecule has 0 unspecified atom stereocenters. The second-order valence-electron chi connectivity index (χ2n) is 1.49. The first-order valence-electron chi connectivity index (χ1n) is 2.43. The van der Waals surface area contributed by atoms with Gasteiger partial charge in [-0.25, -0.2) is 4.79 Å². The number of rotatable bonds is 2. The summed E-state index contributed by atoms with van der Waals surface area (Å²) < 4.78 is 4.37. The summed E-state index contributed by atoms with van der Waals surface area (Å²) in [6, 6.07) is 0. The highest BCUT2D eigenvalue weighted by Gasteiger charge is 1.99. The maximum absolute atomic E-state index is 10.5. The van der Waals surface area contributed by atoms with Crippen molar-refractivity contribution < 1.29 is 9.53 Å². The van der Waals surface area contributed by atoms with E-state index >= 15 is 0 Å². The van der Waals surface area contributed by atoms with E-state index < -0.39 is 0 Å². The highest BCUT2D eigenvalue weighted by Crippen LogP contribution is 1.93. The van der Waals surface area contributed by atoms with E-state index in [4.69, 9.17) is 0 Å². The smallest absolute Gasteiger partial charge is 0.334 e. The molecule has 3 heteroatoms. The van der Waals surface area contributed by atoms with Gasteiger partial charge in [0.15, 0.2) is 0 Å². The molecule has 0 spiro atoms. The standard InChI is InChI=1S/C6H9NO2/c1-5(4-7-2)6(8)9-3/h4H,2H2,1,3H3. The Morgan fingerprint density at radius 2 is 2.33 bits per heavy atom. The lowest BCUT2D eigenvalue weighted by Crippen LogP contribution is -2.00. The monoisotopic (exact) mass is 127 g/mol. The molecule has 3 nitrogen and oxygen atoms in total. The third-order valence-corrected chi connectivity index (χ3v) is 0.792. The third-order valence-electron chi connectivity index (χ3n) is 0.792. The molecule has 0 radical (unpaired) electrons. The van der Waals surface area contributed by atoms with Crippen LogP contribution >= 0.6 is 0 Å². The van der Waals surface area contributed by atoms with Crippen molar-refractivity contribution >= 4 is 12.7 Å². The molecule has 0 atom stereocenters. The van der Waals surface area contributed by atoms with E-state index in [-0.39, 0.29) is 5.97 Å². The summed E-state index contributed by atoms with van der Waals surface area (Å²) in [5.41, 5.74) is 0.451. The highest BCUT2D eigenvalue weighted by molar-refractivity contribution is 5.87. The quantitative estimate of drug-likeness (QED) is 0.312. The molecule has 9 heavy (non-hydrogen) atoms. The topological polar surface area (TPSA) is 38.7 Å². The summed E-state index contributed by atoms with van der Waals surface area (Å²) in [5.74, 6) is -0.373. The van der Waals surface area contributed by atoms with Gasteiger partial charge in [0, 0.05) is 6.20 Å². The van der Waals surface area contributed by atoms with Gasteiger partial charge in [0.2, 0.25) is 0 Å². The molecule has 0 aromatic carbocycles. The highest BCUT2D eigenvalue weighted by atomic mass is 16.5. The van der Waals surface area contributed by atoms with Gasteiger partial charge in [-0.05, 0) is 13.6 Å². The van der Waals surface area contributed by atoms with E-state index in [1.807, 2.05) is 0 Å². The van der Waals surface area contributed by atoms with Crippen molar-refractivity contribution in [2.75, 3.05) is 7.11 Å². The fourth-order valence-electron chi connectivity index (χ4n) is 0.351. The summed E-state index contributed by atoms with van der Waals surface area (Å²) in [4.78, 5) is 13.9. The Labute approximate surface area is 54.0 Å². The number of aliphatic imine (C=N–C) groups is 1. The first-order valence-corrected chi connectivity index (χ1v) is 2.43. The molecule has 0 aliphatic carbocycles. The van der Waals surface area contributed by atoms with Crippen LogP contribution in [0, 0.1) is 0 Å². The molecule has 0 aromatic rings. The largest absolute Gasteiger partial charge is 0.466 e. The zero-order chi connectivity index (χ0) is 7.28. The maximum atomic E-state index is 10.5. The third kappa shape index (κ3) is 2.64. The zero-order valence-electron chi connectivity index (χ0n) is 5.55. The van der Waals surface area contributed by atoms with Crippen molar-refractivity contribution in [2.45, 2.75) is 6.92 Å². The normalized spacial score (nSPS) is 10.7. The van der Waals surface area contributed by atoms with Gasteiger partial charge in [-0.1, -0.05) is 0 Å². The number of methoxy groups -OCH3 is 1. The molecule has 0 aliphatic rings. The predicted octanol–water partition coefficient (Wildman–Crippen LogP) is 0.764. The minimum atomic E-state index is -0.373. The second-order valence-corrected chi connectivity index (χ2v) is 1.49. The van der Waals surface area contributed by atoms with Crippen LogP contribution in [0.15, 0.2) is 16.8 Å². The van der Waals surface area contributed by atoms with Gasteiger partial charge in [-0.15, -0.1) is 0 Å². The lowest BCUT2D eigenvalue weighted by molar-refractivity contribution is -0.136. The number of esters is 1. The van der Waals surface area contributed by atoms with Gasteiger partial charge in [0.05, 0.1) is 12.7 Å². The maximum Gasteiger partial charge on any atom is 0.334 e. The van der Waals surface area contributed by atoms with Crippen LogP contribution in [0.5, 0.6) is 0 Å². The van der Waals surface area contributed by atoms with E-state index in [2.05, 4.69) is 16.4 Å². The molecule has 50 valence electrons. The first kappa shape index (κ1) is 7.88. The van der Waals surface area contributed by atoms with Crippen LogP contribution in [-0.4, -0.2) is 19.8 Å². The molecule has 0 fully saturated rings. The van der Waals surface area contributed by atoms with Crippen LogP contribution < -0.4 is 0 Å². The predicted molar refractivity (Wildman–Crippen MR) is 35.3 cm³/mol.